The molecular formula is C18H19N5. The van der Waals surface area contributed by atoms with E-state index < -0.39 is 0 Å². The molecule has 1 aromatic heterocycles. The van der Waals surface area contributed by atoms with E-state index in [1.165, 1.54) is 5.56 Å². The van der Waals surface area contributed by atoms with Crippen LogP contribution < -0.4 is 11.1 Å². The molecule has 0 bridgehead atoms. The number of guanidine groups is 1. The van der Waals surface area contributed by atoms with Gasteiger partial charge < -0.3 is 15.6 Å². The van der Waals surface area contributed by atoms with Crippen molar-refractivity contribution < 1.29 is 0 Å². The molecule has 5 nitrogen and oxygen atoms in total. The Morgan fingerprint density at radius 2 is 1.91 bits per heavy atom. The third-order valence-corrected chi connectivity index (χ3v) is 3.39. The fraction of sp³-hybridized carbons (Fsp3) is 0.111. The second-order valence-electron chi connectivity index (χ2n) is 5.25. The lowest BCUT2D eigenvalue weighted by Gasteiger charge is -2.07. The minimum Gasteiger partial charge on any atom is -0.370 e. The first kappa shape index (κ1) is 14.8. The smallest absolute Gasteiger partial charge is 0.193 e. The molecule has 0 aliphatic rings. The molecule has 2 aromatic carbocycles. The van der Waals surface area contributed by atoms with E-state index in [2.05, 4.69) is 33.5 Å². The third kappa shape index (κ3) is 4.44. The van der Waals surface area contributed by atoms with Gasteiger partial charge in [-0.15, -0.1) is 0 Å². The van der Waals surface area contributed by atoms with Crippen molar-refractivity contribution in [3.05, 3.63) is 84.4 Å². The van der Waals surface area contributed by atoms with Crippen LogP contribution in [-0.4, -0.2) is 15.5 Å². The summed E-state index contributed by atoms with van der Waals surface area (Å²) < 4.78 is 2.04. The Labute approximate surface area is 135 Å². The van der Waals surface area contributed by atoms with Gasteiger partial charge in [-0.2, -0.15) is 0 Å². The zero-order chi connectivity index (χ0) is 15.9. The van der Waals surface area contributed by atoms with Gasteiger partial charge in [0.2, 0.25) is 0 Å². The molecule has 3 aromatic rings. The Morgan fingerprint density at radius 3 is 2.70 bits per heavy atom. The lowest BCUT2D eigenvalue weighted by atomic mass is 10.1. The average Bonchev–Trinajstić information content (AvgIpc) is 3.07. The molecular weight excluding hydrogens is 286 g/mol. The molecule has 0 radical (unpaired) electrons. The molecule has 1 heterocycles. The minimum atomic E-state index is 0.413. The van der Waals surface area contributed by atoms with Crippen LogP contribution in [0.1, 0.15) is 11.1 Å². The van der Waals surface area contributed by atoms with Crippen molar-refractivity contribution >= 4 is 11.6 Å². The Kier molecular flexibility index (Phi) is 4.69. The van der Waals surface area contributed by atoms with Gasteiger partial charge in [0.15, 0.2) is 5.96 Å². The summed E-state index contributed by atoms with van der Waals surface area (Å²) in [5.41, 5.74) is 9.20. The lowest BCUT2D eigenvalue weighted by Crippen LogP contribution is -2.22. The van der Waals surface area contributed by atoms with E-state index in [0.29, 0.717) is 12.5 Å². The van der Waals surface area contributed by atoms with Crippen molar-refractivity contribution in [2.24, 2.45) is 10.7 Å². The number of anilines is 1. The van der Waals surface area contributed by atoms with Crippen LogP contribution in [0.15, 0.2) is 78.3 Å². The zero-order valence-electron chi connectivity index (χ0n) is 12.8. The van der Waals surface area contributed by atoms with Gasteiger partial charge in [-0.05, 0) is 23.3 Å². The van der Waals surface area contributed by atoms with Crippen LogP contribution in [-0.2, 0) is 13.1 Å². The molecule has 0 spiro atoms. The third-order valence-electron chi connectivity index (χ3n) is 3.39. The molecule has 3 rings (SSSR count). The maximum atomic E-state index is 5.93. The second-order valence-corrected chi connectivity index (χ2v) is 5.25. The summed E-state index contributed by atoms with van der Waals surface area (Å²) in [7, 11) is 0. The first-order valence-electron chi connectivity index (χ1n) is 7.45. The molecule has 0 aliphatic carbocycles. The number of hydrogen-bond donors (Lipinski definition) is 2. The van der Waals surface area contributed by atoms with Gasteiger partial charge in [0.1, 0.15) is 0 Å². The maximum Gasteiger partial charge on any atom is 0.193 e. The standard InChI is InChI=1S/C18H19N5/c19-18(22-17-7-2-1-3-8-17)21-12-15-5-4-6-16(11-15)13-23-10-9-20-14-23/h1-11,14H,12-13H2,(H3,19,21,22). The summed E-state index contributed by atoms with van der Waals surface area (Å²) in [6, 6.07) is 18.1. The highest BCUT2D eigenvalue weighted by Crippen LogP contribution is 2.09. The molecule has 0 fully saturated rings. The number of para-hydroxylation sites is 1. The molecule has 23 heavy (non-hydrogen) atoms. The number of nitrogens with zero attached hydrogens (tertiary/aromatic N) is 3. The highest BCUT2D eigenvalue weighted by atomic mass is 15.1. The summed E-state index contributed by atoms with van der Waals surface area (Å²) in [5, 5.41) is 3.08. The summed E-state index contributed by atoms with van der Waals surface area (Å²) in [5.74, 6) is 0.413. The molecule has 0 aliphatic heterocycles. The van der Waals surface area contributed by atoms with Crippen LogP contribution in [0.5, 0.6) is 0 Å². The van der Waals surface area contributed by atoms with Gasteiger partial charge in [0.25, 0.3) is 0 Å². The van der Waals surface area contributed by atoms with Gasteiger partial charge in [-0.1, -0.05) is 42.5 Å². The number of rotatable bonds is 5. The predicted molar refractivity (Wildman–Crippen MR) is 93.2 cm³/mol. The van der Waals surface area contributed by atoms with Gasteiger partial charge in [0.05, 0.1) is 12.9 Å². The molecule has 0 saturated heterocycles. The van der Waals surface area contributed by atoms with Crippen molar-refractivity contribution in [1.82, 2.24) is 9.55 Å². The van der Waals surface area contributed by atoms with Crippen molar-refractivity contribution in [1.29, 1.82) is 0 Å². The van der Waals surface area contributed by atoms with Crippen molar-refractivity contribution in [3.8, 4) is 0 Å². The van der Waals surface area contributed by atoms with Crippen LogP contribution >= 0.6 is 0 Å². The van der Waals surface area contributed by atoms with Gasteiger partial charge in [-0.25, -0.2) is 9.98 Å². The first-order chi connectivity index (χ1) is 11.3. The number of aliphatic imine (C=N–C) groups is 1. The lowest BCUT2D eigenvalue weighted by molar-refractivity contribution is 0.795. The van der Waals surface area contributed by atoms with Gasteiger partial charge in [0, 0.05) is 24.6 Å². The van der Waals surface area contributed by atoms with E-state index in [0.717, 1.165) is 17.8 Å². The molecule has 0 saturated carbocycles. The number of hydrogen-bond acceptors (Lipinski definition) is 2. The Morgan fingerprint density at radius 1 is 1.09 bits per heavy atom. The predicted octanol–water partition coefficient (Wildman–Crippen LogP) is 2.86. The van der Waals surface area contributed by atoms with Crippen LogP contribution in [0.3, 0.4) is 0 Å². The monoisotopic (exact) mass is 305 g/mol. The minimum absolute atomic E-state index is 0.413. The van der Waals surface area contributed by atoms with Crippen molar-refractivity contribution in [3.63, 3.8) is 0 Å². The highest BCUT2D eigenvalue weighted by Gasteiger charge is 1.98. The Bertz CT molecular complexity index is 763. The number of imidazole rings is 1. The Hall–Kier alpha value is -3.08. The number of nitrogens with one attached hydrogen (secondary N) is 1. The number of benzene rings is 2. The van der Waals surface area contributed by atoms with E-state index in [1.807, 2.05) is 53.5 Å². The van der Waals surface area contributed by atoms with E-state index >= 15 is 0 Å². The molecule has 5 heteroatoms. The van der Waals surface area contributed by atoms with E-state index in [9.17, 15) is 0 Å². The fourth-order valence-corrected chi connectivity index (χ4v) is 2.30. The topological polar surface area (TPSA) is 68.2 Å². The largest absolute Gasteiger partial charge is 0.370 e. The van der Waals surface area contributed by atoms with Gasteiger partial charge in [-0.3, -0.25) is 0 Å². The number of nitrogens with two attached hydrogens (primary N) is 1. The quantitative estimate of drug-likeness (QED) is 0.562. The first-order valence-corrected chi connectivity index (χ1v) is 7.45. The van der Waals surface area contributed by atoms with Crippen LogP contribution in [0.2, 0.25) is 0 Å². The van der Waals surface area contributed by atoms with Crippen LogP contribution in [0, 0.1) is 0 Å². The highest BCUT2D eigenvalue weighted by molar-refractivity contribution is 5.92. The van der Waals surface area contributed by atoms with Crippen LogP contribution in [0.25, 0.3) is 0 Å². The zero-order valence-corrected chi connectivity index (χ0v) is 12.8. The fourth-order valence-electron chi connectivity index (χ4n) is 2.30. The SMILES string of the molecule is NC(=NCc1cccc(Cn2ccnc2)c1)Nc1ccccc1. The molecule has 0 unspecified atom stereocenters. The summed E-state index contributed by atoms with van der Waals surface area (Å²) in [6.07, 6.45) is 5.54. The summed E-state index contributed by atoms with van der Waals surface area (Å²) in [4.78, 5) is 8.45. The Balaban J connectivity index is 1.62. The van der Waals surface area contributed by atoms with Gasteiger partial charge >= 0.3 is 0 Å². The van der Waals surface area contributed by atoms with Crippen molar-refractivity contribution in [2.45, 2.75) is 13.1 Å². The van der Waals surface area contributed by atoms with E-state index in [4.69, 9.17) is 5.73 Å². The second kappa shape index (κ2) is 7.26. The molecule has 0 amide bonds. The number of aromatic nitrogens is 2. The molecule has 3 N–H and O–H groups in total. The summed E-state index contributed by atoms with van der Waals surface area (Å²) in [6.45, 7) is 1.35. The normalized spacial score (nSPS) is 11.4. The van der Waals surface area contributed by atoms with E-state index in [-0.39, 0.29) is 0 Å². The van der Waals surface area contributed by atoms with Crippen LogP contribution in [0.4, 0.5) is 5.69 Å². The maximum absolute atomic E-state index is 5.93. The molecule has 0 atom stereocenters. The average molecular weight is 305 g/mol. The molecule has 116 valence electrons. The van der Waals surface area contributed by atoms with Crippen molar-refractivity contribution in [2.75, 3.05) is 5.32 Å². The van der Waals surface area contributed by atoms with E-state index in [1.54, 1.807) is 6.20 Å². The summed E-state index contributed by atoms with van der Waals surface area (Å²) >= 11 is 0.